The minimum absolute atomic E-state index is 0.218. The fourth-order valence-electron chi connectivity index (χ4n) is 2.23. The van der Waals surface area contributed by atoms with E-state index in [1.54, 1.807) is 0 Å². The van der Waals surface area contributed by atoms with Crippen LogP contribution in [0.15, 0.2) is 0 Å². The first kappa shape index (κ1) is 13.9. The molecule has 0 spiro atoms. The minimum Gasteiger partial charge on any atom is -0.314 e. The van der Waals surface area contributed by atoms with Crippen LogP contribution < -0.4 is 21.3 Å². The van der Waals surface area contributed by atoms with E-state index in [2.05, 4.69) is 42.0 Å². The molecule has 0 bridgehead atoms. The van der Waals surface area contributed by atoms with Gasteiger partial charge in [-0.2, -0.15) is 0 Å². The van der Waals surface area contributed by atoms with Gasteiger partial charge in [0.1, 0.15) is 0 Å². The zero-order valence-corrected chi connectivity index (χ0v) is 11.0. The van der Waals surface area contributed by atoms with Gasteiger partial charge in [0.15, 0.2) is 0 Å². The van der Waals surface area contributed by atoms with Crippen molar-refractivity contribution >= 4 is 0 Å². The lowest BCUT2D eigenvalue weighted by Crippen LogP contribution is -2.47. The highest BCUT2D eigenvalue weighted by atomic mass is 15.0. The van der Waals surface area contributed by atoms with E-state index >= 15 is 0 Å². The van der Waals surface area contributed by atoms with Gasteiger partial charge in [-0.1, -0.05) is 0 Å². The first-order valence-electron chi connectivity index (χ1n) is 6.50. The molecule has 1 heterocycles. The summed E-state index contributed by atoms with van der Waals surface area (Å²) in [6.45, 7) is 13.1. The van der Waals surface area contributed by atoms with Crippen LogP contribution in [-0.4, -0.2) is 50.8 Å². The van der Waals surface area contributed by atoms with Crippen LogP contribution in [0.2, 0.25) is 0 Å². The molecule has 1 aliphatic heterocycles. The molecule has 0 aromatic heterocycles. The molecule has 1 saturated heterocycles. The van der Waals surface area contributed by atoms with Gasteiger partial charge >= 0.3 is 0 Å². The maximum atomic E-state index is 3.60. The van der Waals surface area contributed by atoms with Gasteiger partial charge in [0.05, 0.1) is 0 Å². The Morgan fingerprint density at radius 2 is 1.44 bits per heavy atom. The van der Waals surface area contributed by atoms with Crippen molar-refractivity contribution in [2.75, 3.05) is 39.3 Å². The van der Waals surface area contributed by atoms with Crippen LogP contribution in [0.4, 0.5) is 0 Å². The molecule has 4 heteroatoms. The second-order valence-electron chi connectivity index (χ2n) is 5.37. The lowest BCUT2D eigenvalue weighted by Gasteiger charge is -2.30. The van der Waals surface area contributed by atoms with Gasteiger partial charge in [-0.3, -0.25) is 0 Å². The molecule has 0 aromatic carbocycles. The molecule has 0 radical (unpaired) electrons. The molecule has 0 aliphatic carbocycles. The average Bonchev–Trinajstić information content (AvgIpc) is 2.20. The second-order valence-corrected chi connectivity index (χ2v) is 5.37. The normalized spacial score (nSPS) is 29.8. The molecule has 16 heavy (non-hydrogen) atoms. The van der Waals surface area contributed by atoms with Crippen molar-refractivity contribution in [3.63, 3.8) is 0 Å². The summed E-state index contributed by atoms with van der Waals surface area (Å²) in [4.78, 5) is 0. The first-order chi connectivity index (χ1) is 7.60. The highest BCUT2D eigenvalue weighted by molar-refractivity contribution is 4.82. The maximum absolute atomic E-state index is 3.60. The average molecular weight is 228 g/mol. The van der Waals surface area contributed by atoms with Gasteiger partial charge in [-0.15, -0.1) is 0 Å². The Labute approximate surface area is 99.9 Å². The molecular weight excluding hydrogens is 200 g/mol. The Balaban J connectivity index is 2.36. The van der Waals surface area contributed by atoms with Crippen LogP contribution in [0, 0.1) is 0 Å². The smallest absolute Gasteiger partial charge is 0.0140 e. The van der Waals surface area contributed by atoms with Gasteiger partial charge in [-0.25, -0.2) is 0 Å². The molecule has 0 amide bonds. The first-order valence-corrected chi connectivity index (χ1v) is 6.50. The van der Waals surface area contributed by atoms with E-state index in [1.807, 2.05) is 0 Å². The molecule has 0 aromatic rings. The van der Waals surface area contributed by atoms with E-state index in [9.17, 15) is 0 Å². The summed E-state index contributed by atoms with van der Waals surface area (Å²) in [5.74, 6) is 0. The SMILES string of the molecule is CC1CC(C)(C)NCCNCCNCCN1. The van der Waals surface area contributed by atoms with Gasteiger partial charge in [0.2, 0.25) is 0 Å². The molecule has 1 fully saturated rings. The third-order valence-corrected chi connectivity index (χ3v) is 2.99. The number of hydrogen-bond acceptors (Lipinski definition) is 4. The molecule has 4 N–H and O–H groups in total. The van der Waals surface area contributed by atoms with E-state index in [0.29, 0.717) is 6.04 Å². The van der Waals surface area contributed by atoms with Crippen molar-refractivity contribution in [1.29, 1.82) is 0 Å². The van der Waals surface area contributed by atoms with E-state index in [0.717, 1.165) is 45.7 Å². The number of hydrogen-bond donors (Lipinski definition) is 4. The topological polar surface area (TPSA) is 48.1 Å². The molecule has 1 unspecified atom stereocenters. The summed E-state index contributed by atoms with van der Waals surface area (Å²) in [7, 11) is 0. The van der Waals surface area contributed by atoms with Gasteiger partial charge < -0.3 is 21.3 Å². The molecule has 4 nitrogen and oxygen atoms in total. The van der Waals surface area contributed by atoms with Crippen LogP contribution in [0.1, 0.15) is 27.2 Å². The Morgan fingerprint density at radius 1 is 0.875 bits per heavy atom. The Hall–Kier alpha value is -0.160. The van der Waals surface area contributed by atoms with Crippen molar-refractivity contribution in [2.24, 2.45) is 0 Å². The summed E-state index contributed by atoms with van der Waals surface area (Å²) in [6.07, 6.45) is 1.16. The van der Waals surface area contributed by atoms with Crippen LogP contribution in [0.25, 0.3) is 0 Å². The summed E-state index contributed by atoms with van der Waals surface area (Å²) in [6, 6.07) is 0.568. The third kappa shape index (κ3) is 6.43. The van der Waals surface area contributed by atoms with E-state index in [1.165, 1.54) is 0 Å². The van der Waals surface area contributed by atoms with Crippen molar-refractivity contribution in [1.82, 2.24) is 21.3 Å². The van der Waals surface area contributed by atoms with Crippen LogP contribution >= 0.6 is 0 Å². The Bertz CT molecular complexity index is 182. The summed E-state index contributed by atoms with van der Waals surface area (Å²) < 4.78 is 0. The van der Waals surface area contributed by atoms with Crippen LogP contribution in [0.5, 0.6) is 0 Å². The second kappa shape index (κ2) is 7.22. The van der Waals surface area contributed by atoms with E-state index < -0.39 is 0 Å². The van der Waals surface area contributed by atoms with Crippen molar-refractivity contribution < 1.29 is 0 Å². The standard InChI is InChI=1S/C12H28N4/c1-11-10-12(2,3)16-9-7-14-5-4-13-6-8-15-11/h11,13-16H,4-10H2,1-3H3. The van der Waals surface area contributed by atoms with Gasteiger partial charge in [0, 0.05) is 50.8 Å². The lowest BCUT2D eigenvalue weighted by atomic mass is 9.96. The summed E-state index contributed by atoms with van der Waals surface area (Å²) in [5, 5.41) is 14.0. The highest BCUT2D eigenvalue weighted by Gasteiger charge is 2.19. The van der Waals surface area contributed by atoms with Crippen LogP contribution in [-0.2, 0) is 0 Å². The van der Waals surface area contributed by atoms with E-state index in [4.69, 9.17) is 0 Å². The van der Waals surface area contributed by atoms with Crippen molar-refractivity contribution in [3.8, 4) is 0 Å². The van der Waals surface area contributed by atoms with Gasteiger partial charge in [-0.05, 0) is 27.2 Å². The fraction of sp³-hybridized carbons (Fsp3) is 1.00. The van der Waals surface area contributed by atoms with Crippen LogP contribution in [0.3, 0.4) is 0 Å². The molecule has 1 atom stereocenters. The largest absolute Gasteiger partial charge is 0.314 e. The molecule has 1 rings (SSSR count). The fourth-order valence-corrected chi connectivity index (χ4v) is 2.23. The monoisotopic (exact) mass is 228 g/mol. The summed E-state index contributed by atoms with van der Waals surface area (Å²) in [5.41, 5.74) is 0.218. The third-order valence-electron chi connectivity index (χ3n) is 2.99. The lowest BCUT2D eigenvalue weighted by molar-refractivity contribution is 0.320. The zero-order valence-electron chi connectivity index (χ0n) is 11.0. The maximum Gasteiger partial charge on any atom is 0.0140 e. The molecular formula is C12H28N4. The van der Waals surface area contributed by atoms with Gasteiger partial charge in [0.25, 0.3) is 0 Å². The Morgan fingerprint density at radius 3 is 2.12 bits per heavy atom. The molecule has 96 valence electrons. The summed E-state index contributed by atoms with van der Waals surface area (Å²) >= 11 is 0. The minimum atomic E-state index is 0.218. The zero-order chi connectivity index (χ0) is 11.9. The number of nitrogens with one attached hydrogen (secondary N) is 4. The van der Waals surface area contributed by atoms with Crippen molar-refractivity contribution in [3.05, 3.63) is 0 Å². The highest BCUT2D eigenvalue weighted by Crippen LogP contribution is 2.10. The van der Waals surface area contributed by atoms with Crippen molar-refractivity contribution in [2.45, 2.75) is 38.8 Å². The molecule has 1 aliphatic rings. The predicted molar refractivity (Wildman–Crippen MR) is 69.9 cm³/mol. The molecule has 0 saturated carbocycles. The number of rotatable bonds is 0. The quantitative estimate of drug-likeness (QED) is 0.468. The predicted octanol–water partition coefficient (Wildman–Crippen LogP) is -0.0844. The van der Waals surface area contributed by atoms with E-state index in [-0.39, 0.29) is 5.54 Å². The Kier molecular flexibility index (Phi) is 6.28.